The normalized spacial score (nSPS) is 15.1. The van der Waals surface area contributed by atoms with E-state index in [0.29, 0.717) is 26.2 Å². The number of nitrogens with two attached hydrogens (primary N) is 1. The zero-order chi connectivity index (χ0) is 17.5. The highest BCUT2D eigenvalue weighted by Gasteiger charge is 2.23. The lowest BCUT2D eigenvalue weighted by Crippen LogP contribution is -2.50. The van der Waals surface area contributed by atoms with Gasteiger partial charge in [-0.1, -0.05) is 30.3 Å². The standard InChI is InChI=1S/C16H21N5O3/c17-14(10-13(22)15(18)19)20-6-8-21(9-7-20)16(23)24-11-12-4-2-1-3-5-12/h1-5,10,17,22H,6-9,11H2,(H3,18,19)/b13-10-,17-14?. The number of piperazine rings is 1. The predicted molar refractivity (Wildman–Crippen MR) is 90.1 cm³/mol. The van der Waals surface area contributed by atoms with Crippen LogP contribution in [0.3, 0.4) is 0 Å². The van der Waals surface area contributed by atoms with E-state index in [4.69, 9.17) is 21.3 Å². The van der Waals surface area contributed by atoms with Gasteiger partial charge in [0.25, 0.3) is 0 Å². The van der Waals surface area contributed by atoms with Gasteiger partial charge in [-0.3, -0.25) is 10.8 Å². The number of hydrogen-bond donors (Lipinski definition) is 4. The van der Waals surface area contributed by atoms with Crippen LogP contribution in [-0.2, 0) is 11.3 Å². The van der Waals surface area contributed by atoms with Crippen molar-refractivity contribution < 1.29 is 14.6 Å². The van der Waals surface area contributed by atoms with Gasteiger partial charge in [0.15, 0.2) is 11.6 Å². The summed E-state index contributed by atoms with van der Waals surface area (Å²) >= 11 is 0. The molecule has 2 rings (SSSR count). The number of amidine groups is 2. The first-order valence-electron chi connectivity index (χ1n) is 7.51. The average Bonchev–Trinajstić information content (AvgIpc) is 2.60. The fourth-order valence-corrected chi connectivity index (χ4v) is 2.24. The maximum absolute atomic E-state index is 12.0. The Kier molecular flexibility index (Phi) is 5.78. The van der Waals surface area contributed by atoms with Crippen molar-refractivity contribution in [2.24, 2.45) is 5.73 Å². The summed E-state index contributed by atoms with van der Waals surface area (Å²) < 4.78 is 5.28. The average molecular weight is 331 g/mol. The first-order valence-corrected chi connectivity index (χ1v) is 7.51. The molecule has 0 unspecified atom stereocenters. The molecule has 0 aliphatic carbocycles. The molecule has 0 bridgehead atoms. The van der Waals surface area contributed by atoms with E-state index in [-0.39, 0.29) is 18.5 Å². The number of ether oxygens (including phenoxy) is 1. The number of aliphatic hydroxyl groups is 1. The predicted octanol–water partition coefficient (Wildman–Crippen LogP) is 1.30. The lowest BCUT2D eigenvalue weighted by Gasteiger charge is -2.34. The van der Waals surface area contributed by atoms with Gasteiger partial charge in [0, 0.05) is 32.3 Å². The summed E-state index contributed by atoms with van der Waals surface area (Å²) in [5.41, 5.74) is 6.06. The summed E-state index contributed by atoms with van der Waals surface area (Å²) in [6, 6.07) is 9.45. The van der Waals surface area contributed by atoms with Gasteiger partial charge >= 0.3 is 6.09 Å². The number of carbonyl (C=O) groups excluding carboxylic acids is 1. The van der Waals surface area contributed by atoms with Gasteiger partial charge < -0.3 is 25.4 Å². The van der Waals surface area contributed by atoms with Crippen molar-refractivity contribution in [2.45, 2.75) is 6.61 Å². The number of rotatable bonds is 4. The molecule has 0 atom stereocenters. The van der Waals surface area contributed by atoms with Crippen LogP contribution < -0.4 is 5.73 Å². The van der Waals surface area contributed by atoms with Crippen LogP contribution in [0.1, 0.15) is 5.56 Å². The van der Waals surface area contributed by atoms with Gasteiger partial charge in [-0.15, -0.1) is 0 Å². The van der Waals surface area contributed by atoms with E-state index in [1.54, 1.807) is 9.80 Å². The second kappa shape index (κ2) is 8.00. The summed E-state index contributed by atoms with van der Waals surface area (Å²) in [5.74, 6) is -0.868. The third kappa shape index (κ3) is 4.73. The third-order valence-corrected chi connectivity index (χ3v) is 3.63. The Balaban J connectivity index is 1.79. The van der Waals surface area contributed by atoms with Crippen LogP contribution in [-0.4, -0.2) is 58.8 Å². The van der Waals surface area contributed by atoms with Gasteiger partial charge in [-0.05, 0) is 5.56 Å². The molecule has 24 heavy (non-hydrogen) atoms. The van der Waals surface area contributed by atoms with Gasteiger partial charge in [0.05, 0.1) is 0 Å². The molecule has 5 N–H and O–H groups in total. The quantitative estimate of drug-likeness (QED) is 0.376. The van der Waals surface area contributed by atoms with Crippen LogP contribution in [0.4, 0.5) is 4.79 Å². The molecule has 8 heteroatoms. The number of amides is 1. The largest absolute Gasteiger partial charge is 0.504 e. The Morgan fingerprint density at radius 2 is 1.75 bits per heavy atom. The lowest BCUT2D eigenvalue weighted by atomic mass is 10.2. The van der Waals surface area contributed by atoms with E-state index >= 15 is 0 Å². The van der Waals surface area contributed by atoms with Gasteiger partial charge in [-0.2, -0.15) is 0 Å². The second-order valence-corrected chi connectivity index (χ2v) is 5.34. The smallest absolute Gasteiger partial charge is 0.410 e. The molecule has 0 saturated carbocycles. The molecule has 1 aliphatic heterocycles. The number of nitrogens with one attached hydrogen (secondary N) is 2. The van der Waals surface area contributed by atoms with E-state index in [0.717, 1.165) is 11.6 Å². The fraction of sp³-hybridized carbons (Fsp3) is 0.312. The summed E-state index contributed by atoms with van der Waals surface area (Å²) in [6.07, 6.45) is 0.748. The first-order chi connectivity index (χ1) is 11.5. The van der Waals surface area contributed by atoms with Crippen LogP contribution in [0.25, 0.3) is 0 Å². The molecule has 0 radical (unpaired) electrons. The topological polar surface area (TPSA) is 127 Å². The molecule has 0 spiro atoms. The number of carbonyl (C=O) groups is 1. The van der Waals surface area contributed by atoms with Crippen LogP contribution >= 0.6 is 0 Å². The molecule has 1 aromatic carbocycles. The molecular weight excluding hydrogens is 310 g/mol. The Morgan fingerprint density at radius 3 is 2.33 bits per heavy atom. The van der Waals surface area contributed by atoms with Crippen molar-refractivity contribution in [3.05, 3.63) is 47.7 Å². The number of nitrogens with zero attached hydrogens (tertiary/aromatic N) is 2. The Labute approximate surface area is 140 Å². The molecule has 8 nitrogen and oxygen atoms in total. The zero-order valence-corrected chi connectivity index (χ0v) is 13.2. The highest BCUT2D eigenvalue weighted by atomic mass is 16.6. The SMILES string of the molecule is N=C(N)/C(O)=C/C(=N)N1CCN(C(=O)OCc2ccccc2)CC1. The number of hydrogen-bond acceptors (Lipinski definition) is 5. The van der Waals surface area contributed by atoms with Gasteiger partial charge in [0.2, 0.25) is 0 Å². The van der Waals surface area contributed by atoms with Crippen molar-refractivity contribution in [1.29, 1.82) is 10.8 Å². The van der Waals surface area contributed by atoms with E-state index in [9.17, 15) is 9.90 Å². The zero-order valence-electron chi connectivity index (χ0n) is 13.2. The molecule has 0 aromatic heterocycles. The molecule has 1 heterocycles. The highest BCUT2D eigenvalue weighted by Crippen LogP contribution is 2.08. The van der Waals surface area contributed by atoms with Crippen molar-refractivity contribution >= 4 is 17.8 Å². The Hall–Kier alpha value is -3.03. The van der Waals surface area contributed by atoms with E-state index < -0.39 is 11.6 Å². The van der Waals surface area contributed by atoms with Crippen LogP contribution in [0.2, 0.25) is 0 Å². The maximum atomic E-state index is 12.0. The fourth-order valence-electron chi connectivity index (χ4n) is 2.24. The van der Waals surface area contributed by atoms with Gasteiger partial charge in [-0.25, -0.2) is 4.79 Å². The maximum Gasteiger partial charge on any atom is 0.410 e. The number of aliphatic hydroxyl groups excluding tert-OH is 1. The Morgan fingerprint density at radius 1 is 1.17 bits per heavy atom. The van der Waals surface area contributed by atoms with Crippen molar-refractivity contribution in [2.75, 3.05) is 26.2 Å². The summed E-state index contributed by atoms with van der Waals surface area (Å²) in [5, 5.41) is 24.4. The van der Waals surface area contributed by atoms with Crippen molar-refractivity contribution in [3.8, 4) is 0 Å². The monoisotopic (exact) mass is 331 g/mol. The molecule has 1 aromatic rings. The summed E-state index contributed by atoms with van der Waals surface area (Å²) in [6.45, 7) is 1.96. The molecule has 1 saturated heterocycles. The minimum absolute atomic E-state index is 0.0556. The van der Waals surface area contributed by atoms with Crippen molar-refractivity contribution in [1.82, 2.24) is 9.80 Å². The van der Waals surface area contributed by atoms with Crippen LogP contribution in [0.5, 0.6) is 0 Å². The summed E-state index contributed by atoms with van der Waals surface area (Å²) in [4.78, 5) is 15.3. The van der Waals surface area contributed by atoms with E-state index in [1.807, 2.05) is 30.3 Å². The summed E-state index contributed by atoms with van der Waals surface area (Å²) in [7, 11) is 0. The highest BCUT2D eigenvalue weighted by molar-refractivity contribution is 6.00. The van der Waals surface area contributed by atoms with Crippen LogP contribution in [0.15, 0.2) is 42.2 Å². The molecular formula is C16H21N5O3. The van der Waals surface area contributed by atoms with E-state index in [2.05, 4.69) is 0 Å². The molecule has 1 fully saturated rings. The molecule has 1 aliphatic rings. The Bertz CT molecular complexity index is 636. The lowest BCUT2D eigenvalue weighted by molar-refractivity contribution is 0.0825. The molecule has 1 amide bonds. The minimum atomic E-state index is -0.483. The number of benzene rings is 1. The van der Waals surface area contributed by atoms with E-state index in [1.165, 1.54) is 0 Å². The second-order valence-electron chi connectivity index (χ2n) is 5.34. The third-order valence-electron chi connectivity index (χ3n) is 3.63. The molecule has 128 valence electrons. The first kappa shape index (κ1) is 17.3. The van der Waals surface area contributed by atoms with Crippen molar-refractivity contribution in [3.63, 3.8) is 0 Å². The van der Waals surface area contributed by atoms with Crippen LogP contribution in [0, 0.1) is 10.8 Å². The minimum Gasteiger partial charge on any atom is -0.504 e. The van der Waals surface area contributed by atoms with Gasteiger partial charge in [0.1, 0.15) is 12.4 Å².